The number of esters is 1. The van der Waals surface area contributed by atoms with E-state index < -0.39 is 16.0 Å². The zero-order valence-electron chi connectivity index (χ0n) is 11.8. The van der Waals surface area contributed by atoms with Crippen LogP contribution >= 0.6 is 11.6 Å². The van der Waals surface area contributed by atoms with E-state index in [0.717, 1.165) is 0 Å². The third-order valence-corrected chi connectivity index (χ3v) is 3.85. The fraction of sp³-hybridized carbons (Fsp3) is 0.143. The van der Waals surface area contributed by atoms with Gasteiger partial charge in [-0.05, 0) is 36.4 Å². The summed E-state index contributed by atoms with van der Waals surface area (Å²) < 4.78 is 32.5. The van der Waals surface area contributed by atoms with Crippen molar-refractivity contribution in [2.75, 3.05) is 13.2 Å². The van der Waals surface area contributed by atoms with Gasteiger partial charge in [0.2, 0.25) is 10.0 Å². The standard InChI is InChI=1S/C14H13ClN2O5S/c15-13-6-1-10(9-17-13)14(18)22-8-7-21-11-2-4-12(5-3-11)23(16,19)20/h1-6,9H,7-8H2,(H2,16,19,20). The number of nitrogens with two attached hydrogens (primary N) is 1. The number of ether oxygens (including phenoxy) is 2. The molecule has 0 saturated carbocycles. The van der Waals surface area contributed by atoms with Crippen LogP contribution in [0.3, 0.4) is 0 Å². The lowest BCUT2D eigenvalue weighted by molar-refractivity contribution is 0.0450. The van der Waals surface area contributed by atoms with Crippen molar-refractivity contribution >= 4 is 27.6 Å². The molecule has 1 aromatic carbocycles. The molecule has 2 N–H and O–H groups in total. The van der Waals surface area contributed by atoms with Gasteiger partial charge >= 0.3 is 5.97 Å². The van der Waals surface area contributed by atoms with E-state index in [1.807, 2.05) is 0 Å². The second-order valence-corrected chi connectivity index (χ2v) is 6.32. The Morgan fingerprint density at radius 2 is 1.83 bits per heavy atom. The summed E-state index contributed by atoms with van der Waals surface area (Å²) in [5, 5.41) is 5.27. The number of pyridine rings is 1. The van der Waals surface area contributed by atoms with Crippen LogP contribution in [0.5, 0.6) is 5.75 Å². The molecule has 23 heavy (non-hydrogen) atoms. The lowest BCUT2D eigenvalue weighted by Crippen LogP contribution is -2.13. The summed E-state index contributed by atoms with van der Waals surface area (Å²) in [6, 6.07) is 8.58. The average Bonchev–Trinajstić information content (AvgIpc) is 2.51. The molecule has 0 spiro atoms. The molecule has 0 aliphatic heterocycles. The Morgan fingerprint density at radius 3 is 2.39 bits per heavy atom. The molecule has 0 aliphatic rings. The van der Waals surface area contributed by atoms with Gasteiger partial charge in [-0.15, -0.1) is 0 Å². The maximum absolute atomic E-state index is 11.7. The van der Waals surface area contributed by atoms with Crippen molar-refractivity contribution in [2.24, 2.45) is 5.14 Å². The molecule has 122 valence electrons. The number of hydrogen-bond acceptors (Lipinski definition) is 6. The predicted octanol–water partition coefficient (Wildman–Crippen LogP) is 1.62. The minimum atomic E-state index is -3.73. The monoisotopic (exact) mass is 356 g/mol. The minimum Gasteiger partial charge on any atom is -0.490 e. The molecule has 1 aromatic heterocycles. The van der Waals surface area contributed by atoms with Crippen molar-refractivity contribution in [3.8, 4) is 5.75 Å². The molecule has 0 bridgehead atoms. The van der Waals surface area contributed by atoms with Crippen molar-refractivity contribution in [2.45, 2.75) is 4.90 Å². The highest BCUT2D eigenvalue weighted by Gasteiger charge is 2.08. The van der Waals surface area contributed by atoms with Gasteiger partial charge in [-0.25, -0.2) is 23.3 Å². The van der Waals surface area contributed by atoms with Gasteiger partial charge in [-0.2, -0.15) is 0 Å². The van der Waals surface area contributed by atoms with Gasteiger partial charge < -0.3 is 9.47 Å². The van der Waals surface area contributed by atoms with E-state index in [4.69, 9.17) is 26.2 Å². The third-order valence-electron chi connectivity index (χ3n) is 2.70. The van der Waals surface area contributed by atoms with Crippen molar-refractivity contribution in [1.29, 1.82) is 0 Å². The molecular weight excluding hydrogens is 344 g/mol. The molecule has 0 unspecified atom stereocenters. The van der Waals surface area contributed by atoms with Crippen molar-refractivity contribution < 1.29 is 22.7 Å². The average molecular weight is 357 g/mol. The van der Waals surface area contributed by atoms with E-state index in [-0.39, 0.29) is 28.8 Å². The summed E-state index contributed by atoms with van der Waals surface area (Å²) in [6.45, 7) is 0.139. The van der Waals surface area contributed by atoms with E-state index in [0.29, 0.717) is 5.75 Å². The van der Waals surface area contributed by atoms with Crippen LogP contribution in [0.25, 0.3) is 0 Å². The fourth-order valence-corrected chi connectivity index (χ4v) is 2.23. The first-order valence-corrected chi connectivity index (χ1v) is 8.33. The number of primary sulfonamides is 1. The number of sulfonamides is 1. The smallest absolute Gasteiger partial charge is 0.339 e. The Labute approximate surface area is 138 Å². The number of rotatable bonds is 6. The largest absolute Gasteiger partial charge is 0.490 e. The topological polar surface area (TPSA) is 109 Å². The maximum atomic E-state index is 11.7. The number of halogens is 1. The molecule has 0 amide bonds. The second-order valence-electron chi connectivity index (χ2n) is 4.37. The molecule has 0 radical (unpaired) electrons. The lowest BCUT2D eigenvalue weighted by Gasteiger charge is -2.08. The Kier molecular flexibility index (Phi) is 5.54. The zero-order chi connectivity index (χ0) is 16.9. The number of carbonyl (C=O) groups is 1. The van der Waals surface area contributed by atoms with Crippen LogP contribution in [-0.4, -0.2) is 32.6 Å². The van der Waals surface area contributed by atoms with Crippen molar-refractivity contribution in [3.05, 3.63) is 53.3 Å². The molecule has 7 nitrogen and oxygen atoms in total. The highest BCUT2D eigenvalue weighted by molar-refractivity contribution is 7.89. The molecule has 1 heterocycles. The van der Waals surface area contributed by atoms with Gasteiger partial charge in [0.15, 0.2) is 0 Å². The second kappa shape index (κ2) is 7.40. The van der Waals surface area contributed by atoms with Gasteiger partial charge in [-0.3, -0.25) is 0 Å². The first-order valence-electron chi connectivity index (χ1n) is 6.40. The summed E-state index contributed by atoms with van der Waals surface area (Å²) in [6.07, 6.45) is 1.32. The Morgan fingerprint density at radius 1 is 1.13 bits per heavy atom. The maximum Gasteiger partial charge on any atom is 0.339 e. The molecule has 2 aromatic rings. The number of benzene rings is 1. The Bertz CT molecular complexity index is 776. The molecule has 0 saturated heterocycles. The number of aromatic nitrogens is 1. The van der Waals surface area contributed by atoms with E-state index in [1.54, 1.807) is 0 Å². The summed E-state index contributed by atoms with van der Waals surface area (Å²) in [7, 11) is -3.73. The predicted molar refractivity (Wildman–Crippen MR) is 82.8 cm³/mol. The first-order chi connectivity index (χ1) is 10.9. The first kappa shape index (κ1) is 17.2. The highest BCUT2D eigenvalue weighted by Crippen LogP contribution is 2.14. The van der Waals surface area contributed by atoms with E-state index in [9.17, 15) is 13.2 Å². The fourth-order valence-electron chi connectivity index (χ4n) is 1.60. The van der Waals surface area contributed by atoms with Crippen LogP contribution in [0.1, 0.15) is 10.4 Å². The highest BCUT2D eigenvalue weighted by atomic mass is 35.5. The number of nitrogens with zero attached hydrogens (tertiary/aromatic N) is 1. The quantitative estimate of drug-likeness (QED) is 0.478. The summed E-state index contributed by atoms with van der Waals surface area (Å²) in [5.74, 6) is -0.107. The van der Waals surface area contributed by atoms with Crippen LogP contribution in [0, 0.1) is 0 Å². The van der Waals surface area contributed by atoms with Crippen LogP contribution in [0.15, 0.2) is 47.5 Å². The molecule has 2 rings (SSSR count). The summed E-state index contributed by atoms with van der Waals surface area (Å²) >= 11 is 5.62. The van der Waals surface area contributed by atoms with Gasteiger partial charge in [0.25, 0.3) is 0 Å². The van der Waals surface area contributed by atoms with E-state index in [1.165, 1.54) is 42.6 Å². The lowest BCUT2D eigenvalue weighted by atomic mass is 10.3. The Balaban J connectivity index is 1.79. The minimum absolute atomic E-state index is 0.00786. The van der Waals surface area contributed by atoms with Crippen LogP contribution < -0.4 is 9.88 Å². The van der Waals surface area contributed by atoms with Crippen LogP contribution in [0.2, 0.25) is 5.15 Å². The normalized spacial score (nSPS) is 11.0. The molecule has 0 aliphatic carbocycles. The third kappa shape index (κ3) is 5.20. The molecule has 0 fully saturated rings. The van der Waals surface area contributed by atoms with E-state index >= 15 is 0 Å². The molecule has 9 heteroatoms. The number of carbonyl (C=O) groups excluding carboxylic acids is 1. The zero-order valence-corrected chi connectivity index (χ0v) is 13.4. The van der Waals surface area contributed by atoms with Gasteiger partial charge in [0.05, 0.1) is 10.5 Å². The van der Waals surface area contributed by atoms with Crippen molar-refractivity contribution in [3.63, 3.8) is 0 Å². The van der Waals surface area contributed by atoms with Crippen LogP contribution in [0.4, 0.5) is 0 Å². The SMILES string of the molecule is NS(=O)(=O)c1ccc(OCCOC(=O)c2ccc(Cl)nc2)cc1. The summed E-state index contributed by atoms with van der Waals surface area (Å²) in [5.41, 5.74) is 0.284. The molecular formula is C14H13ClN2O5S. The van der Waals surface area contributed by atoms with E-state index in [2.05, 4.69) is 4.98 Å². The van der Waals surface area contributed by atoms with Crippen molar-refractivity contribution in [1.82, 2.24) is 4.98 Å². The summed E-state index contributed by atoms with van der Waals surface area (Å²) in [4.78, 5) is 15.5. The van der Waals surface area contributed by atoms with Gasteiger partial charge in [-0.1, -0.05) is 11.6 Å². The van der Waals surface area contributed by atoms with Gasteiger partial charge in [0.1, 0.15) is 24.1 Å². The molecule has 0 atom stereocenters. The Hall–Kier alpha value is -2.16. The number of hydrogen-bond donors (Lipinski definition) is 1. The van der Waals surface area contributed by atoms with Gasteiger partial charge in [0, 0.05) is 6.20 Å². The van der Waals surface area contributed by atoms with Crippen LogP contribution in [-0.2, 0) is 14.8 Å².